The predicted octanol–water partition coefficient (Wildman–Crippen LogP) is 2.96. The number of fused-ring (bicyclic) bond motifs is 1. The molecule has 0 spiro atoms. The van der Waals surface area contributed by atoms with E-state index in [0.717, 1.165) is 44.0 Å². The fraction of sp³-hybridized carbons (Fsp3) is 0.471. The molecule has 6 heteroatoms. The molecule has 1 saturated carbocycles. The van der Waals surface area contributed by atoms with Crippen molar-refractivity contribution < 1.29 is 9.18 Å². The minimum Gasteiger partial charge on any atom is -0.318 e. The average Bonchev–Trinajstić information content (AvgIpc) is 3.30. The van der Waals surface area contributed by atoms with Crippen LogP contribution in [0.3, 0.4) is 0 Å². The van der Waals surface area contributed by atoms with E-state index in [0.29, 0.717) is 11.6 Å². The number of hydrogen-bond acceptors (Lipinski definition) is 3. The van der Waals surface area contributed by atoms with Crippen LogP contribution in [0.2, 0.25) is 0 Å². The summed E-state index contributed by atoms with van der Waals surface area (Å²) in [5.74, 6) is -0.163. The molecule has 2 aliphatic carbocycles. The molecule has 120 valence electrons. The van der Waals surface area contributed by atoms with Crippen molar-refractivity contribution in [3.63, 3.8) is 0 Å². The van der Waals surface area contributed by atoms with Crippen LogP contribution in [-0.4, -0.2) is 20.7 Å². The molecular formula is C17H19FN4O. The molecule has 1 amide bonds. The van der Waals surface area contributed by atoms with Gasteiger partial charge in [-0.15, -0.1) is 0 Å². The van der Waals surface area contributed by atoms with Crippen LogP contribution in [0.1, 0.15) is 47.4 Å². The van der Waals surface area contributed by atoms with Crippen molar-refractivity contribution in [2.24, 2.45) is 5.92 Å². The molecule has 1 fully saturated rings. The van der Waals surface area contributed by atoms with E-state index in [4.69, 9.17) is 0 Å². The van der Waals surface area contributed by atoms with Crippen molar-refractivity contribution >= 4 is 11.6 Å². The number of anilines is 1. The van der Waals surface area contributed by atoms with Crippen molar-refractivity contribution in [1.82, 2.24) is 14.8 Å². The van der Waals surface area contributed by atoms with E-state index in [1.165, 1.54) is 30.8 Å². The van der Waals surface area contributed by atoms with Crippen molar-refractivity contribution in [2.75, 3.05) is 5.32 Å². The van der Waals surface area contributed by atoms with Gasteiger partial charge < -0.3 is 5.32 Å². The Kier molecular flexibility index (Phi) is 3.59. The maximum atomic E-state index is 13.7. The van der Waals surface area contributed by atoms with E-state index in [2.05, 4.69) is 15.4 Å². The first-order valence-electron chi connectivity index (χ1n) is 8.22. The number of nitrogens with zero attached hydrogens (tertiary/aromatic N) is 3. The summed E-state index contributed by atoms with van der Waals surface area (Å²) in [6.07, 6.45) is 9.12. The first-order valence-corrected chi connectivity index (χ1v) is 8.22. The van der Waals surface area contributed by atoms with Gasteiger partial charge in [0.2, 0.25) is 0 Å². The Hall–Kier alpha value is -2.24. The molecule has 0 aliphatic heterocycles. The summed E-state index contributed by atoms with van der Waals surface area (Å²) in [6, 6.07) is 1.46. The number of nitrogens with one attached hydrogen (secondary N) is 1. The molecule has 0 aromatic carbocycles. The van der Waals surface area contributed by atoms with Crippen molar-refractivity contribution in [2.45, 2.75) is 45.1 Å². The zero-order chi connectivity index (χ0) is 15.8. The van der Waals surface area contributed by atoms with E-state index in [9.17, 15) is 9.18 Å². The lowest BCUT2D eigenvalue weighted by Gasteiger charge is -2.14. The second-order valence-corrected chi connectivity index (χ2v) is 6.42. The largest absolute Gasteiger partial charge is 0.318 e. The minimum atomic E-state index is -0.535. The standard InChI is InChI=1S/C17H19FN4O/c18-13-9-19-8-7-14(13)20-17(23)16-12-3-1-2-4-15(12)22(21-16)10-11-5-6-11/h7-9,11H,1-6,10H2,(H,19,20,23). The topological polar surface area (TPSA) is 59.8 Å². The van der Waals surface area contributed by atoms with Gasteiger partial charge in [0.1, 0.15) is 0 Å². The van der Waals surface area contributed by atoms with Crippen molar-refractivity contribution in [1.29, 1.82) is 0 Å². The first kappa shape index (κ1) is 14.4. The third-order valence-corrected chi connectivity index (χ3v) is 4.62. The van der Waals surface area contributed by atoms with Gasteiger partial charge in [0.25, 0.3) is 5.91 Å². The van der Waals surface area contributed by atoms with E-state index in [-0.39, 0.29) is 11.6 Å². The Balaban J connectivity index is 1.63. The second kappa shape index (κ2) is 5.76. The van der Waals surface area contributed by atoms with E-state index < -0.39 is 5.82 Å². The summed E-state index contributed by atoms with van der Waals surface area (Å²) in [5.41, 5.74) is 2.84. The Morgan fingerprint density at radius 3 is 2.96 bits per heavy atom. The molecule has 0 bridgehead atoms. The Bertz CT molecular complexity index is 751. The number of pyridine rings is 1. The Morgan fingerprint density at radius 2 is 2.17 bits per heavy atom. The quantitative estimate of drug-likeness (QED) is 0.944. The highest BCUT2D eigenvalue weighted by Crippen LogP contribution is 2.33. The highest BCUT2D eigenvalue weighted by molar-refractivity contribution is 6.04. The zero-order valence-electron chi connectivity index (χ0n) is 12.9. The van der Waals surface area contributed by atoms with Crippen LogP contribution in [0.25, 0.3) is 0 Å². The maximum Gasteiger partial charge on any atom is 0.276 e. The molecule has 1 N–H and O–H groups in total. The van der Waals surface area contributed by atoms with Gasteiger partial charge in [0.05, 0.1) is 11.9 Å². The lowest BCUT2D eigenvalue weighted by Crippen LogP contribution is -2.16. The van der Waals surface area contributed by atoms with Crippen molar-refractivity contribution in [3.8, 4) is 0 Å². The fourth-order valence-corrected chi connectivity index (χ4v) is 3.21. The number of aromatic nitrogens is 3. The number of hydrogen-bond donors (Lipinski definition) is 1. The van der Waals surface area contributed by atoms with Crippen LogP contribution < -0.4 is 5.32 Å². The van der Waals surface area contributed by atoms with Gasteiger partial charge in [-0.1, -0.05) is 0 Å². The zero-order valence-corrected chi connectivity index (χ0v) is 12.9. The summed E-state index contributed by atoms with van der Waals surface area (Å²) in [5, 5.41) is 7.19. The molecular weight excluding hydrogens is 295 g/mol. The monoisotopic (exact) mass is 314 g/mol. The van der Waals surface area contributed by atoms with Gasteiger partial charge in [-0.25, -0.2) is 4.39 Å². The molecule has 2 aromatic rings. The molecule has 2 aromatic heterocycles. The van der Waals surface area contributed by atoms with E-state index in [1.807, 2.05) is 4.68 Å². The number of rotatable bonds is 4. The van der Waals surface area contributed by atoms with Gasteiger partial charge in [-0.05, 0) is 50.5 Å². The second-order valence-electron chi connectivity index (χ2n) is 6.42. The number of halogens is 1. The molecule has 0 saturated heterocycles. The normalized spacial score (nSPS) is 16.9. The smallest absolute Gasteiger partial charge is 0.276 e. The molecule has 23 heavy (non-hydrogen) atoms. The number of carbonyl (C=O) groups excluding carboxylic acids is 1. The van der Waals surface area contributed by atoms with Crippen LogP contribution in [-0.2, 0) is 19.4 Å². The summed E-state index contributed by atoms with van der Waals surface area (Å²) in [4.78, 5) is 16.3. The molecule has 0 atom stereocenters. The molecule has 2 aliphatic rings. The molecule has 0 unspecified atom stereocenters. The lowest BCUT2D eigenvalue weighted by molar-refractivity contribution is 0.102. The molecule has 2 heterocycles. The third-order valence-electron chi connectivity index (χ3n) is 4.62. The van der Waals surface area contributed by atoms with Gasteiger partial charge >= 0.3 is 0 Å². The van der Waals surface area contributed by atoms with Crippen LogP contribution >= 0.6 is 0 Å². The number of carbonyl (C=O) groups is 1. The summed E-state index contributed by atoms with van der Waals surface area (Å²) < 4.78 is 15.7. The third kappa shape index (κ3) is 2.85. The van der Waals surface area contributed by atoms with Gasteiger partial charge in [-0.3, -0.25) is 14.5 Å². The summed E-state index contributed by atoms with van der Waals surface area (Å²) >= 11 is 0. The van der Waals surface area contributed by atoms with E-state index in [1.54, 1.807) is 0 Å². The fourth-order valence-electron chi connectivity index (χ4n) is 3.21. The molecule has 0 radical (unpaired) electrons. The highest BCUT2D eigenvalue weighted by atomic mass is 19.1. The maximum absolute atomic E-state index is 13.7. The van der Waals surface area contributed by atoms with Crippen molar-refractivity contribution in [3.05, 3.63) is 41.2 Å². The Labute approximate surface area is 133 Å². The Morgan fingerprint density at radius 1 is 1.35 bits per heavy atom. The average molecular weight is 314 g/mol. The molecule has 4 rings (SSSR count). The van der Waals surface area contributed by atoms with Crippen LogP contribution in [0.15, 0.2) is 18.5 Å². The summed E-state index contributed by atoms with van der Waals surface area (Å²) in [6.45, 7) is 0.902. The number of amides is 1. The van der Waals surface area contributed by atoms with Crippen LogP contribution in [0.5, 0.6) is 0 Å². The predicted molar refractivity (Wildman–Crippen MR) is 83.7 cm³/mol. The first-order chi connectivity index (χ1) is 11.2. The van der Waals surface area contributed by atoms with Gasteiger partial charge in [0.15, 0.2) is 11.5 Å². The summed E-state index contributed by atoms with van der Waals surface area (Å²) in [7, 11) is 0. The van der Waals surface area contributed by atoms with Crippen LogP contribution in [0.4, 0.5) is 10.1 Å². The minimum absolute atomic E-state index is 0.145. The van der Waals surface area contributed by atoms with Crippen LogP contribution in [0, 0.1) is 11.7 Å². The SMILES string of the molecule is O=C(Nc1ccncc1F)c1nn(CC2CC2)c2c1CCCC2. The highest BCUT2D eigenvalue weighted by Gasteiger charge is 2.29. The van der Waals surface area contributed by atoms with E-state index >= 15 is 0 Å². The van der Waals surface area contributed by atoms with Gasteiger partial charge in [-0.2, -0.15) is 5.10 Å². The molecule has 5 nitrogen and oxygen atoms in total. The van der Waals surface area contributed by atoms with Gasteiger partial charge in [0, 0.05) is 24.0 Å². The lowest BCUT2D eigenvalue weighted by atomic mass is 9.95.